The number of hydrogen-bond acceptors (Lipinski definition) is 4. The molecule has 1 aromatic heterocycles. The number of aryl methyl sites for hydroxylation is 2. The van der Waals surface area contributed by atoms with Gasteiger partial charge in [0.05, 0.1) is 14.7 Å². The third-order valence-corrected chi connectivity index (χ3v) is 5.11. The average Bonchev–Trinajstić information content (AvgIpc) is 2.94. The number of aromatic nitrogens is 1. The van der Waals surface area contributed by atoms with Crippen LogP contribution in [0.5, 0.6) is 5.75 Å². The minimum absolute atomic E-state index is 0.0565. The number of halogens is 1. The standard InChI is InChI=1S/C18H17BrN2O2S/c1-3-12-5-7-15(13(19)9-12)23-10-17(22)21-18-20-14-6-4-11(2)8-16(14)24-18/h4-9H,3,10H2,1-2H3,(H,20,21,22). The molecule has 0 bridgehead atoms. The van der Waals surface area contributed by atoms with Crippen molar-refractivity contribution in [1.82, 2.24) is 4.98 Å². The van der Waals surface area contributed by atoms with Crippen LogP contribution < -0.4 is 10.1 Å². The Morgan fingerprint density at radius 2 is 2.12 bits per heavy atom. The number of ether oxygens (including phenoxy) is 1. The first-order valence-corrected chi connectivity index (χ1v) is 9.24. The number of amides is 1. The van der Waals surface area contributed by atoms with Crippen molar-refractivity contribution in [3.63, 3.8) is 0 Å². The van der Waals surface area contributed by atoms with Gasteiger partial charge in [-0.2, -0.15) is 0 Å². The highest BCUT2D eigenvalue weighted by molar-refractivity contribution is 9.10. The van der Waals surface area contributed by atoms with Gasteiger partial charge in [0.25, 0.3) is 5.91 Å². The Hall–Kier alpha value is -1.92. The van der Waals surface area contributed by atoms with E-state index in [-0.39, 0.29) is 12.5 Å². The van der Waals surface area contributed by atoms with Gasteiger partial charge in [-0.1, -0.05) is 30.4 Å². The van der Waals surface area contributed by atoms with Crippen LogP contribution in [0.4, 0.5) is 5.13 Å². The highest BCUT2D eigenvalue weighted by atomic mass is 79.9. The van der Waals surface area contributed by atoms with Gasteiger partial charge in [-0.05, 0) is 64.7 Å². The lowest BCUT2D eigenvalue weighted by molar-refractivity contribution is -0.118. The lowest BCUT2D eigenvalue weighted by Crippen LogP contribution is -2.20. The minimum atomic E-state index is -0.225. The molecule has 4 nitrogen and oxygen atoms in total. The number of fused-ring (bicyclic) bond motifs is 1. The first-order valence-electron chi connectivity index (χ1n) is 7.63. The van der Waals surface area contributed by atoms with Crippen molar-refractivity contribution >= 4 is 48.5 Å². The number of carbonyl (C=O) groups excluding carboxylic acids is 1. The molecule has 3 rings (SSSR count). The van der Waals surface area contributed by atoms with Crippen LogP contribution in [0.3, 0.4) is 0 Å². The van der Waals surface area contributed by atoms with Crippen LogP contribution in [0, 0.1) is 6.92 Å². The predicted octanol–water partition coefficient (Wildman–Crippen LogP) is 4.95. The van der Waals surface area contributed by atoms with E-state index >= 15 is 0 Å². The van der Waals surface area contributed by atoms with Crippen molar-refractivity contribution in [3.05, 3.63) is 52.0 Å². The van der Waals surface area contributed by atoms with Gasteiger partial charge >= 0.3 is 0 Å². The van der Waals surface area contributed by atoms with Crippen molar-refractivity contribution in [2.45, 2.75) is 20.3 Å². The third-order valence-electron chi connectivity index (χ3n) is 3.55. The van der Waals surface area contributed by atoms with Crippen molar-refractivity contribution in [3.8, 4) is 5.75 Å². The van der Waals surface area contributed by atoms with Gasteiger partial charge in [-0.3, -0.25) is 10.1 Å². The topological polar surface area (TPSA) is 51.2 Å². The largest absolute Gasteiger partial charge is 0.483 e. The summed E-state index contributed by atoms with van der Waals surface area (Å²) in [6, 6.07) is 11.9. The number of carbonyl (C=O) groups is 1. The van der Waals surface area contributed by atoms with Crippen LogP contribution in [0.15, 0.2) is 40.9 Å². The Kier molecular flexibility index (Phi) is 5.16. The van der Waals surface area contributed by atoms with E-state index in [2.05, 4.69) is 39.2 Å². The first kappa shape index (κ1) is 16.9. The highest BCUT2D eigenvalue weighted by Gasteiger charge is 2.10. The second kappa shape index (κ2) is 7.32. The zero-order chi connectivity index (χ0) is 17.1. The summed E-state index contributed by atoms with van der Waals surface area (Å²) in [6.45, 7) is 4.07. The summed E-state index contributed by atoms with van der Waals surface area (Å²) in [5, 5.41) is 3.38. The quantitative estimate of drug-likeness (QED) is 0.654. The molecule has 0 aliphatic heterocycles. The van der Waals surface area contributed by atoms with Crippen molar-refractivity contribution < 1.29 is 9.53 Å². The van der Waals surface area contributed by atoms with E-state index in [0.29, 0.717) is 10.9 Å². The SMILES string of the molecule is CCc1ccc(OCC(=O)Nc2nc3ccc(C)cc3s2)c(Br)c1. The summed E-state index contributed by atoms with van der Waals surface area (Å²) in [6.07, 6.45) is 0.955. The molecule has 0 saturated heterocycles. The lowest BCUT2D eigenvalue weighted by atomic mass is 10.2. The summed E-state index contributed by atoms with van der Waals surface area (Å²) in [5.41, 5.74) is 3.27. The molecule has 0 aliphatic rings. The van der Waals surface area contributed by atoms with E-state index in [1.54, 1.807) is 0 Å². The Labute approximate surface area is 153 Å². The van der Waals surface area contributed by atoms with Gasteiger partial charge < -0.3 is 4.74 Å². The van der Waals surface area contributed by atoms with E-state index in [1.165, 1.54) is 22.5 Å². The molecular weight excluding hydrogens is 388 g/mol. The molecule has 0 spiro atoms. The van der Waals surface area contributed by atoms with Crippen LogP contribution in [0.1, 0.15) is 18.1 Å². The van der Waals surface area contributed by atoms with Crippen LogP contribution in [-0.2, 0) is 11.2 Å². The fraction of sp³-hybridized carbons (Fsp3) is 0.222. The third kappa shape index (κ3) is 3.94. The molecule has 0 atom stereocenters. The average molecular weight is 405 g/mol. The molecule has 1 heterocycles. The Morgan fingerprint density at radius 1 is 1.29 bits per heavy atom. The second-order valence-electron chi connectivity index (χ2n) is 5.45. The summed E-state index contributed by atoms with van der Waals surface area (Å²) in [5.74, 6) is 0.430. The maximum absolute atomic E-state index is 12.1. The summed E-state index contributed by atoms with van der Waals surface area (Å²) >= 11 is 4.93. The van der Waals surface area contributed by atoms with Crippen molar-refractivity contribution in [2.75, 3.05) is 11.9 Å². The predicted molar refractivity (Wildman–Crippen MR) is 102 cm³/mol. The van der Waals surface area contributed by atoms with Gasteiger partial charge in [0.2, 0.25) is 0 Å². The number of nitrogens with one attached hydrogen (secondary N) is 1. The van der Waals surface area contributed by atoms with E-state index in [4.69, 9.17) is 4.74 Å². The van der Waals surface area contributed by atoms with Crippen molar-refractivity contribution in [2.24, 2.45) is 0 Å². The lowest BCUT2D eigenvalue weighted by Gasteiger charge is -2.08. The molecule has 124 valence electrons. The van der Waals surface area contributed by atoms with Crippen LogP contribution in [-0.4, -0.2) is 17.5 Å². The van der Waals surface area contributed by atoms with Gasteiger partial charge in [0, 0.05) is 0 Å². The normalized spacial score (nSPS) is 10.8. The summed E-state index contributed by atoms with van der Waals surface area (Å²) in [7, 11) is 0. The summed E-state index contributed by atoms with van der Waals surface area (Å²) < 4.78 is 7.49. The first-order chi connectivity index (χ1) is 11.5. The molecule has 24 heavy (non-hydrogen) atoms. The Balaban J connectivity index is 1.62. The second-order valence-corrected chi connectivity index (χ2v) is 7.33. The molecule has 6 heteroatoms. The van der Waals surface area contributed by atoms with Gasteiger partial charge in [0.15, 0.2) is 11.7 Å². The molecule has 1 amide bonds. The number of nitrogens with zero attached hydrogens (tertiary/aromatic N) is 1. The molecule has 0 radical (unpaired) electrons. The number of rotatable bonds is 5. The monoisotopic (exact) mass is 404 g/mol. The van der Waals surface area contributed by atoms with Crippen molar-refractivity contribution in [1.29, 1.82) is 0 Å². The van der Waals surface area contributed by atoms with E-state index in [1.807, 2.05) is 37.3 Å². The number of thiazole rings is 1. The van der Waals surface area contributed by atoms with Crippen LogP contribution in [0.2, 0.25) is 0 Å². The molecular formula is C18H17BrN2O2S. The summed E-state index contributed by atoms with van der Waals surface area (Å²) in [4.78, 5) is 16.5. The van der Waals surface area contributed by atoms with Crippen LogP contribution >= 0.6 is 27.3 Å². The van der Waals surface area contributed by atoms with Gasteiger partial charge in [-0.15, -0.1) is 0 Å². The maximum atomic E-state index is 12.1. The molecule has 2 aromatic carbocycles. The molecule has 3 aromatic rings. The smallest absolute Gasteiger partial charge is 0.264 e. The van der Waals surface area contributed by atoms with Gasteiger partial charge in [0.1, 0.15) is 5.75 Å². The van der Waals surface area contributed by atoms with E-state index < -0.39 is 0 Å². The number of benzene rings is 2. The Bertz CT molecular complexity index is 892. The van der Waals surface area contributed by atoms with E-state index in [9.17, 15) is 4.79 Å². The molecule has 0 fully saturated rings. The van der Waals surface area contributed by atoms with Gasteiger partial charge in [-0.25, -0.2) is 4.98 Å². The maximum Gasteiger partial charge on any atom is 0.264 e. The number of hydrogen-bond donors (Lipinski definition) is 1. The minimum Gasteiger partial charge on any atom is -0.483 e. The number of anilines is 1. The van der Waals surface area contributed by atoms with E-state index in [0.717, 1.165) is 21.1 Å². The molecule has 0 aliphatic carbocycles. The fourth-order valence-electron chi connectivity index (χ4n) is 2.27. The zero-order valence-corrected chi connectivity index (χ0v) is 15.8. The molecule has 0 unspecified atom stereocenters. The molecule has 1 N–H and O–H groups in total. The highest BCUT2D eigenvalue weighted by Crippen LogP contribution is 2.28. The molecule has 0 saturated carbocycles. The zero-order valence-electron chi connectivity index (χ0n) is 13.4. The fourth-order valence-corrected chi connectivity index (χ4v) is 3.79. The Morgan fingerprint density at radius 3 is 2.88 bits per heavy atom. The van der Waals surface area contributed by atoms with Crippen LogP contribution in [0.25, 0.3) is 10.2 Å².